The van der Waals surface area contributed by atoms with Crippen molar-refractivity contribution in [3.63, 3.8) is 0 Å². The molecule has 28 heavy (non-hydrogen) atoms. The maximum absolute atomic E-state index is 6.03. The van der Waals surface area contributed by atoms with Crippen molar-refractivity contribution in [1.82, 2.24) is 4.90 Å². The number of methoxy groups -OCH3 is 1. The second kappa shape index (κ2) is 12.0. The average Bonchev–Trinajstić information content (AvgIpc) is 2.71. The molecule has 2 aromatic carbocycles. The number of aliphatic imine (C=N–C) groups is 1. The Bertz CT molecular complexity index is 749. The first kappa shape index (κ1) is 21.7. The molecule has 0 aliphatic heterocycles. The highest BCUT2D eigenvalue weighted by molar-refractivity contribution is 5.92. The van der Waals surface area contributed by atoms with Crippen LogP contribution in [0.2, 0.25) is 0 Å². The first-order valence-electron chi connectivity index (χ1n) is 9.65. The molecule has 152 valence electrons. The Morgan fingerprint density at radius 3 is 2.61 bits per heavy atom. The number of guanidine groups is 1. The Labute approximate surface area is 168 Å². The van der Waals surface area contributed by atoms with E-state index < -0.39 is 0 Å². The zero-order valence-corrected chi connectivity index (χ0v) is 17.1. The van der Waals surface area contributed by atoms with E-state index in [2.05, 4.69) is 41.3 Å². The second-order valence-corrected chi connectivity index (χ2v) is 6.67. The topological polar surface area (TPSA) is 72.1 Å². The molecule has 2 aromatic rings. The van der Waals surface area contributed by atoms with E-state index in [0.29, 0.717) is 19.1 Å². The summed E-state index contributed by atoms with van der Waals surface area (Å²) < 4.78 is 10.9. The summed E-state index contributed by atoms with van der Waals surface area (Å²) in [7, 11) is 3.77. The number of hydrogen-bond acceptors (Lipinski definition) is 4. The average molecular weight is 385 g/mol. The number of rotatable bonds is 11. The third kappa shape index (κ3) is 7.98. The minimum atomic E-state index is 0.402. The first-order chi connectivity index (χ1) is 13.6. The van der Waals surface area contributed by atoms with Crippen LogP contribution in [0.4, 0.5) is 5.69 Å². The van der Waals surface area contributed by atoms with Crippen LogP contribution < -0.4 is 15.8 Å². The lowest BCUT2D eigenvalue weighted by Gasteiger charge is -2.16. The lowest BCUT2D eigenvalue weighted by molar-refractivity contribution is 0.150. The summed E-state index contributed by atoms with van der Waals surface area (Å²) in [6.07, 6.45) is 0.988. The Kier molecular flexibility index (Phi) is 9.31. The van der Waals surface area contributed by atoms with Gasteiger partial charge in [0.1, 0.15) is 12.4 Å². The van der Waals surface area contributed by atoms with Crippen molar-refractivity contribution in [2.24, 2.45) is 10.7 Å². The van der Waals surface area contributed by atoms with E-state index in [9.17, 15) is 0 Å². The highest BCUT2D eigenvalue weighted by Crippen LogP contribution is 2.15. The molecule has 0 atom stereocenters. The molecule has 6 nitrogen and oxygen atoms in total. The van der Waals surface area contributed by atoms with Gasteiger partial charge in [-0.1, -0.05) is 31.2 Å². The molecule has 0 bridgehead atoms. The summed E-state index contributed by atoms with van der Waals surface area (Å²) in [5.74, 6) is 1.24. The Balaban J connectivity index is 1.83. The molecule has 0 unspecified atom stereocenters. The fourth-order valence-corrected chi connectivity index (χ4v) is 2.64. The van der Waals surface area contributed by atoms with Crippen molar-refractivity contribution in [2.75, 3.05) is 45.8 Å². The number of aryl methyl sites for hydroxylation is 1. The van der Waals surface area contributed by atoms with Gasteiger partial charge in [0, 0.05) is 25.9 Å². The van der Waals surface area contributed by atoms with Crippen LogP contribution in [0, 0.1) is 0 Å². The van der Waals surface area contributed by atoms with Crippen LogP contribution in [0.15, 0.2) is 53.5 Å². The normalized spacial score (nSPS) is 11.6. The molecule has 0 heterocycles. The highest BCUT2D eigenvalue weighted by Gasteiger charge is 2.01. The maximum Gasteiger partial charge on any atom is 0.193 e. The monoisotopic (exact) mass is 384 g/mol. The smallest absolute Gasteiger partial charge is 0.193 e. The molecule has 0 saturated heterocycles. The summed E-state index contributed by atoms with van der Waals surface area (Å²) in [4.78, 5) is 6.61. The van der Waals surface area contributed by atoms with E-state index in [0.717, 1.165) is 43.1 Å². The number of anilines is 1. The molecule has 0 radical (unpaired) electrons. The zero-order valence-electron chi connectivity index (χ0n) is 17.1. The van der Waals surface area contributed by atoms with Crippen molar-refractivity contribution in [3.05, 3.63) is 59.7 Å². The van der Waals surface area contributed by atoms with E-state index in [1.54, 1.807) is 7.11 Å². The number of nitrogens with zero attached hydrogens (tertiary/aromatic N) is 2. The van der Waals surface area contributed by atoms with Crippen molar-refractivity contribution in [1.29, 1.82) is 0 Å². The van der Waals surface area contributed by atoms with E-state index >= 15 is 0 Å². The molecule has 0 aliphatic rings. The Hall–Kier alpha value is -2.57. The zero-order chi connectivity index (χ0) is 20.2. The standard InChI is InChI=1S/C22H32N4O2/c1-4-18-7-5-9-20(15-18)25-22(23)24-17-19-8-6-10-21(16-19)28-14-12-26(2)11-13-27-3/h5-10,15-16H,4,11-14,17H2,1-3H3,(H3,23,24,25). The van der Waals surface area contributed by atoms with Crippen LogP contribution >= 0.6 is 0 Å². The Morgan fingerprint density at radius 2 is 1.82 bits per heavy atom. The highest BCUT2D eigenvalue weighted by atomic mass is 16.5. The van der Waals surface area contributed by atoms with Crippen LogP contribution in [0.5, 0.6) is 5.75 Å². The molecule has 0 fully saturated rings. The van der Waals surface area contributed by atoms with Crippen LogP contribution in [-0.4, -0.2) is 51.3 Å². The van der Waals surface area contributed by atoms with Gasteiger partial charge in [-0.15, -0.1) is 0 Å². The van der Waals surface area contributed by atoms with Crippen LogP contribution in [0.25, 0.3) is 0 Å². The minimum absolute atomic E-state index is 0.402. The van der Waals surface area contributed by atoms with E-state index in [4.69, 9.17) is 15.2 Å². The van der Waals surface area contributed by atoms with E-state index in [1.165, 1.54) is 5.56 Å². The predicted octanol–water partition coefficient (Wildman–Crippen LogP) is 3.13. The molecular weight excluding hydrogens is 352 g/mol. The number of nitrogens with two attached hydrogens (primary N) is 1. The first-order valence-corrected chi connectivity index (χ1v) is 9.65. The van der Waals surface area contributed by atoms with Gasteiger partial charge in [-0.05, 0) is 48.9 Å². The predicted molar refractivity (Wildman–Crippen MR) is 116 cm³/mol. The summed E-state index contributed by atoms with van der Waals surface area (Å²) in [6.45, 7) is 5.72. The second-order valence-electron chi connectivity index (χ2n) is 6.67. The van der Waals surface area contributed by atoms with E-state index in [-0.39, 0.29) is 0 Å². The molecule has 3 N–H and O–H groups in total. The fraction of sp³-hybridized carbons (Fsp3) is 0.409. The third-order valence-corrected chi connectivity index (χ3v) is 4.36. The minimum Gasteiger partial charge on any atom is -0.492 e. The van der Waals surface area contributed by atoms with Gasteiger partial charge in [-0.25, -0.2) is 4.99 Å². The third-order valence-electron chi connectivity index (χ3n) is 4.36. The summed E-state index contributed by atoms with van der Waals surface area (Å²) in [5.41, 5.74) is 9.30. The number of nitrogens with one attached hydrogen (secondary N) is 1. The summed E-state index contributed by atoms with van der Waals surface area (Å²) >= 11 is 0. The summed E-state index contributed by atoms with van der Waals surface area (Å²) in [6, 6.07) is 16.1. The van der Waals surface area contributed by atoms with Gasteiger partial charge >= 0.3 is 0 Å². The number of hydrogen-bond donors (Lipinski definition) is 2. The fourth-order valence-electron chi connectivity index (χ4n) is 2.64. The molecule has 6 heteroatoms. The molecule has 2 rings (SSSR count). The van der Waals surface area contributed by atoms with Gasteiger partial charge in [0.2, 0.25) is 0 Å². The van der Waals surface area contributed by atoms with Gasteiger partial charge in [-0.3, -0.25) is 0 Å². The van der Waals surface area contributed by atoms with Crippen molar-refractivity contribution in [3.8, 4) is 5.75 Å². The maximum atomic E-state index is 6.03. The van der Waals surface area contributed by atoms with Crippen LogP contribution in [-0.2, 0) is 17.7 Å². The SMILES string of the molecule is CCc1cccc(NC(N)=NCc2cccc(OCCN(C)CCOC)c2)c1. The lowest BCUT2D eigenvalue weighted by Crippen LogP contribution is -2.27. The largest absolute Gasteiger partial charge is 0.492 e. The van der Waals surface area contributed by atoms with Gasteiger partial charge in [-0.2, -0.15) is 0 Å². The molecule has 0 spiro atoms. The quantitative estimate of drug-likeness (QED) is 0.460. The van der Waals surface area contributed by atoms with Crippen molar-refractivity contribution < 1.29 is 9.47 Å². The summed E-state index contributed by atoms with van der Waals surface area (Å²) in [5, 5.41) is 3.15. The van der Waals surface area contributed by atoms with E-state index in [1.807, 2.05) is 36.4 Å². The number of ether oxygens (including phenoxy) is 2. The van der Waals surface area contributed by atoms with Crippen LogP contribution in [0.1, 0.15) is 18.1 Å². The van der Waals surface area contributed by atoms with Gasteiger partial charge in [0.15, 0.2) is 5.96 Å². The lowest BCUT2D eigenvalue weighted by atomic mass is 10.1. The number of benzene rings is 2. The molecule has 0 aromatic heterocycles. The Morgan fingerprint density at radius 1 is 1.07 bits per heavy atom. The van der Waals surface area contributed by atoms with Gasteiger partial charge in [0.25, 0.3) is 0 Å². The molecule has 0 aliphatic carbocycles. The molecular formula is C22H32N4O2. The van der Waals surface area contributed by atoms with Crippen LogP contribution in [0.3, 0.4) is 0 Å². The van der Waals surface area contributed by atoms with Crippen molar-refractivity contribution >= 4 is 11.6 Å². The molecule has 0 saturated carbocycles. The van der Waals surface area contributed by atoms with Gasteiger partial charge in [0.05, 0.1) is 13.2 Å². The van der Waals surface area contributed by atoms with Gasteiger partial charge < -0.3 is 25.4 Å². The van der Waals surface area contributed by atoms with Crippen molar-refractivity contribution in [2.45, 2.75) is 19.9 Å². The molecule has 0 amide bonds. The number of likely N-dealkylation sites (N-methyl/N-ethyl adjacent to an activating group) is 1.